The molecule has 1 aromatic carbocycles. The van der Waals surface area contributed by atoms with Crippen LogP contribution in [-0.4, -0.2) is 81.5 Å². The number of hydrogen-bond donors (Lipinski definition) is 1. The highest BCUT2D eigenvalue weighted by molar-refractivity contribution is 14.0. The zero-order chi connectivity index (χ0) is 19.8. The summed E-state index contributed by atoms with van der Waals surface area (Å²) in [5.41, 5.74) is 1.26. The molecule has 2 aliphatic heterocycles. The smallest absolute Gasteiger partial charge is 0.194 e. The summed E-state index contributed by atoms with van der Waals surface area (Å²) in [5, 5.41) is 3.50. The van der Waals surface area contributed by atoms with Crippen molar-refractivity contribution in [1.82, 2.24) is 10.2 Å². The van der Waals surface area contributed by atoms with Gasteiger partial charge in [-0.3, -0.25) is 4.99 Å². The van der Waals surface area contributed by atoms with Crippen molar-refractivity contribution in [1.29, 1.82) is 0 Å². The predicted octanol–water partition coefficient (Wildman–Crippen LogP) is 3.31. The minimum Gasteiger partial charge on any atom is -0.497 e. The summed E-state index contributed by atoms with van der Waals surface area (Å²) < 4.78 is 11.1. The highest BCUT2D eigenvalue weighted by Crippen LogP contribution is 2.34. The Kier molecular flexibility index (Phi) is 10.2. The maximum absolute atomic E-state index is 5.56. The van der Waals surface area contributed by atoms with E-state index >= 15 is 0 Å². The molecule has 0 aromatic heterocycles. The molecule has 0 bridgehead atoms. The van der Waals surface area contributed by atoms with Gasteiger partial charge in [0, 0.05) is 56.4 Å². The van der Waals surface area contributed by atoms with Gasteiger partial charge in [-0.15, -0.1) is 24.0 Å². The number of piperazine rings is 1. The van der Waals surface area contributed by atoms with Crippen molar-refractivity contribution < 1.29 is 9.47 Å². The van der Waals surface area contributed by atoms with Crippen molar-refractivity contribution in [3.05, 3.63) is 24.3 Å². The normalized spacial score (nSPS) is 19.5. The lowest BCUT2D eigenvalue weighted by molar-refractivity contribution is 0.0793. The summed E-state index contributed by atoms with van der Waals surface area (Å²) in [6, 6.07) is 8.34. The van der Waals surface area contributed by atoms with Gasteiger partial charge in [-0.05, 0) is 50.3 Å². The third-order valence-electron chi connectivity index (χ3n) is 5.71. The van der Waals surface area contributed by atoms with Crippen LogP contribution in [0.25, 0.3) is 0 Å². The van der Waals surface area contributed by atoms with Gasteiger partial charge in [0.25, 0.3) is 0 Å². The van der Waals surface area contributed by atoms with E-state index in [4.69, 9.17) is 14.5 Å². The number of thioether (sulfide) groups is 1. The number of hydrogen-bond acceptors (Lipinski definition) is 5. The predicted molar refractivity (Wildman–Crippen MR) is 134 cm³/mol. The standard InChI is InChI=1S/C21H34N4O2S.HI/c1-4-22-20(23-17-21(28-3)9-15-27-16-10-21)25-13-11-24(12-14-25)18-5-7-19(26-2)8-6-18;/h5-8H,4,9-17H2,1-3H3,(H,22,23);1H. The number of benzene rings is 1. The van der Waals surface area contributed by atoms with Crippen LogP contribution in [0.5, 0.6) is 5.75 Å². The van der Waals surface area contributed by atoms with E-state index < -0.39 is 0 Å². The maximum Gasteiger partial charge on any atom is 0.194 e. The molecular weight excluding hydrogens is 499 g/mol. The summed E-state index contributed by atoms with van der Waals surface area (Å²) in [6.07, 6.45) is 4.38. The number of ether oxygens (including phenoxy) is 2. The second-order valence-corrected chi connectivity index (χ2v) is 8.62. The number of guanidine groups is 1. The summed E-state index contributed by atoms with van der Waals surface area (Å²) in [7, 11) is 1.71. The summed E-state index contributed by atoms with van der Waals surface area (Å²) in [6.45, 7) is 9.56. The first kappa shape index (κ1) is 24.4. The van der Waals surface area contributed by atoms with Crippen molar-refractivity contribution >= 4 is 47.4 Å². The third kappa shape index (κ3) is 6.55. The first-order valence-corrected chi connectivity index (χ1v) is 11.5. The van der Waals surface area contributed by atoms with Crippen molar-refractivity contribution in [2.24, 2.45) is 4.99 Å². The molecule has 2 saturated heterocycles. The van der Waals surface area contributed by atoms with E-state index in [0.717, 1.165) is 77.0 Å². The summed E-state index contributed by atoms with van der Waals surface area (Å²) >= 11 is 1.95. The molecule has 1 aromatic rings. The molecule has 2 fully saturated rings. The molecule has 0 spiro atoms. The Morgan fingerprint density at radius 2 is 1.83 bits per heavy atom. The number of nitrogens with zero attached hydrogens (tertiary/aromatic N) is 3. The fourth-order valence-electron chi connectivity index (χ4n) is 3.78. The van der Waals surface area contributed by atoms with Crippen LogP contribution in [-0.2, 0) is 4.74 Å². The van der Waals surface area contributed by atoms with E-state index in [1.807, 2.05) is 23.9 Å². The number of rotatable bonds is 6. The molecule has 3 rings (SSSR count). The van der Waals surface area contributed by atoms with Crippen LogP contribution in [0.2, 0.25) is 0 Å². The van der Waals surface area contributed by atoms with E-state index in [1.165, 1.54) is 5.69 Å². The lowest BCUT2D eigenvalue weighted by atomic mass is 9.99. The summed E-state index contributed by atoms with van der Waals surface area (Å²) in [5.74, 6) is 1.96. The van der Waals surface area contributed by atoms with Gasteiger partial charge in [0.1, 0.15) is 5.75 Å². The fourth-order valence-corrected chi connectivity index (χ4v) is 4.55. The second-order valence-electron chi connectivity index (χ2n) is 7.34. The van der Waals surface area contributed by atoms with Crippen molar-refractivity contribution in [2.45, 2.75) is 24.5 Å². The van der Waals surface area contributed by atoms with Gasteiger partial charge < -0.3 is 24.6 Å². The first-order valence-electron chi connectivity index (χ1n) is 10.2. The largest absolute Gasteiger partial charge is 0.497 e. The van der Waals surface area contributed by atoms with Crippen LogP contribution in [0.15, 0.2) is 29.3 Å². The van der Waals surface area contributed by atoms with E-state index in [9.17, 15) is 0 Å². The Labute approximate surface area is 196 Å². The van der Waals surface area contributed by atoms with E-state index in [-0.39, 0.29) is 28.7 Å². The van der Waals surface area contributed by atoms with Gasteiger partial charge in [0.05, 0.1) is 13.7 Å². The molecule has 0 amide bonds. The molecule has 2 aliphatic rings. The average Bonchev–Trinajstić information content (AvgIpc) is 2.77. The van der Waals surface area contributed by atoms with E-state index in [2.05, 4.69) is 40.4 Å². The molecule has 0 unspecified atom stereocenters. The Morgan fingerprint density at radius 1 is 1.17 bits per heavy atom. The van der Waals surface area contributed by atoms with Crippen LogP contribution in [0.3, 0.4) is 0 Å². The molecule has 0 saturated carbocycles. The number of halogens is 1. The minimum atomic E-state index is 0. The number of aliphatic imine (C=N–C) groups is 1. The molecular formula is C21H35IN4O2S. The van der Waals surface area contributed by atoms with Crippen LogP contribution in [0.1, 0.15) is 19.8 Å². The molecule has 2 heterocycles. The minimum absolute atomic E-state index is 0. The van der Waals surface area contributed by atoms with Gasteiger partial charge in [-0.25, -0.2) is 0 Å². The molecule has 0 atom stereocenters. The monoisotopic (exact) mass is 534 g/mol. The number of methoxy groups -OCH3 is 1. The van der Waals surface area contributed by atoms with Gasteiger partial charge >= 0.3 is 0 Å². The molecule has 29 heavy (non-hydrogen) atoms. The Balaban J connectivity index is 0.00000300. The van der Waals surface area contributed by atoms with Crippen molar-refractivity contribution in [3.63, 3.8) is 0 Å². The molecule has 8 heteroatoms. The van der Waals surface area contributed by atoms with Crippen LogP contribution in [0.4, 0.5) is 5.69 Å². The Morgan fingerprint density at radius 3 is 2.38 bits per heavy atom. The molecule has 0 radical (unpaired) electrons. The van der Waals surface area contributed by atoms with Crippen molar-refractivity contribution in [2.75, 3.05) is 70.7 Å². The zero-order valence-corrected chi connectivity index (χ0v) is 21.0. The SMILES string of the molecule is CCNC(=NCC1(SC)CCOCC1)N1CCN(c2ccc(OC)cc2)CC1.I. The number of anilines is 1. The van der Waals surface area contributed by atoms with Gasteiger partial charge in [-0.1, -0.05) is 0 Å². The Bertz CT molecular complexity index is 630. The van der Waals surface area contributed by atoms with Crippen LogP contribution < -0.4 is 15.0 Å². The third-order valence-corrected chi connectivity index (χ3v) is 7.11. The zero-order valence-electron chi connectivity index (χ0n) is 17.9. The lowest BCUT2D eigenvalue weighted by Gasteiger charge is -2.39. The van der Waals surface area contributed by atoms with Gasteiger partial charge in [-0.2, -0.15) is 11.8 Å². The Hall–Kier alpha value is -0.870. The highest BCUT2D eigenvalue weighted by Gasteiger charge is 2.32. The maximum atomic E-state index is 5.56. The quantitative estimate of drug-likeness (QED) is 0.344. The van der Waals surface area contributed by atoms with Crippen LogP contribution >= 0.6 is 35.7 Å². The van der Waals surface area contributed by atoms with Crippen molar-refractivity contribution in [3.8, 4) is 5.75 Å². The second kappa shape index (κ2) is 12.1. The summed E-state index contributed by atoms with van der Waals surface area (Å²) in [4.78, 5) is 9.88. The van der Waals surface area contributed by atoms with Gasteiger partial charge in [0.2, 0.25) is 0 Å². The highest BCUT2D eigenvalue weighted by atomic mass is 127. The average molecular weight is 535 g/mol. The van der Waals surface area contributed by atoms with E-state index in [0.29, 0.717) is 0 Å². The van der Waals surface area contributed by atoms with Gasteiger partial charge in [0.15, 0.2) is 5.96 Å². The topological polar surface area (TPSA) is 49.3 Å². The number of nitrogens with one attached hydrogen (secondary N) is 1. The molecule has 6 nitrogen and oxygen atoms in total. The van der Waals surface area contributed by atoms with E-state index in [1.54, 1.807) is 7.11 Å². The first-order chi connectivity index (χ1) is 13.7. The lowest BCUT2D eigenvalue weighted by Crippen LogP contribution is -2.53. The van der Waals surface area contributed by atoms with Crippen LogP contribution in [0, 0.1) is 0 Å². The molecule has 1 N–H and O–H groups in total. The molecule has 164 valence electrons. The fraction of sp³-hybridized carbons (Fsp3) is 0.667. The molecule has 0 aliphatic carbocycles.